The van der Waals surface area contributed by atoms with Crippen molar-refractivity contribution in [2.45, 2.75) is 129 Å². The second-order valence-electron chi connectivity index (χ2n) is 21.7. The Kier molecular flexibility index (Phi) is 16.9. The number of carbonyl (C=O) groups is 6. The van der Waals surface area contributed by atoms with E-state index in [1.165, 1.54) is 35.4 Å². The van der Waals surface area contributed by atoms with Gasteiger partial charge in [0.15, 0.2) is 12.1 Å². The lowest BCUT2D eigenvalue weighted by Crippen LogP contribution is -2.62. The zero-order chi connectivity index (χ0) is 54.1. The van der Waals surface area contributed by atoms with Crippen LogP contribution in [-0.2, 0) is 80.3 Å². The molecule has 2 aromatic heterocycles. The largest absolute Gasteiger partial charge is 0.597 e. The summed E-state index contributed by atoms with van der Waals surface area (Å²) in [5, 5.41) is 16.6. The van der Waals surface area contributed by atoms with Gasteiger partial charge in [-0.15, -0.1) is 0 Å². The molecular weight excluding hydrogens is 969 g/mol. The molecule has 3 N–H and O–H groups in total. The van der Waals surface area contributed by atoms with E-state index in [0.29, 0.717) is 43.5 Å². The molecule has 0 saturated carbocycles. The average molecular weight is 1040 g/mol. The number of benzene rings is 2. The number of amides is 4. The maximum Gasteiger partial charge on any atom is 0.330 e. The van der Waals surface area contributed by atoms with Crippen LogP contribution in [0.4, 0.5) is 0 Å². The third-order valence-corrected chi connectivity index (χ3v) is 15.8. The first-order chi connectivity index (χ1) is 34.9. The highest BCUT2D eigenvalue weighted by molar-refractivity contribution is 7.90. The normalized spacial score (nSPS) is 21.8. The highest BCUT2D eigenvalue weighted by atomic mass is 32.2. The first-order valence-corrected chi connectivity index (χ1v) is 26.3. The highest BCUT2D eigenvalue weighted by Gasteiger charge is 2.68. The van der Waals surface area contributed by atoms with E-state index >= 15 is 0 Å². The number of methoxy groups -OCH3 is 2. The first kappa shape index (κ1) is 55.7. The van der Waals surface area contributed by atoms with Crippen molar-refractivity contribution in [1.82, 2.24) is 39.4 Å². The predicted molar refractivity (Wildman–Crippen MR) is 279 cm³/mol. The molecule has 6 bridgehead atoms. The minimum atomic E-state index is -1.74. The van der Waals surface area contributed by atoms with Gasteiger partial charge in [0.25, 0.3) is 5.91 Å². The van der Waals surface area contributed by atoms with Crippen LogP contribution in [0.2, 0.25) is 0 Å². The average Bonchev–Trinajstić information content (AvgIpc) is 4.02. The number of ether oxygens (including phenoxy) is 3. The zero-order valence-corrected chi connectivity index (χ0v) is 45.5. The topological polar surface area (TPSA) is 228 Å². The molecule has 2 aromatic carbocycles. The van der Waals surface area contributed by atoms with Crippen LogP contribution in [0.5, 0.6) is 5.75 Å². The quantitative estimate of drug-likeness (QED) is 0.0951. The van der Waals surface area contributed by atoms with Gasteiger partial charge in [0.05, 0.1) is 32.6 Å². The lowest BCUT2D eigenvalue weighted by Gasteiger charge is -2.37. The maximum atomic E-state index is 14.8. The molecule has 19 nitrogen and oxygen atoms in total. The van der Waals surface area contributed by atoms with Gasteiger partial charge in [0, 0.05) is 86.4 Å². The number of esters is 2. The molecule has 400 valence electrons. The Morgan fingerprint density at radius 1 is 1.05 bits per heavy atom. The summed E-state index contributed by atoms with van der Waals surface area (Å²) in [6.45, 7) is 15.7. The summed E-state index contributed by atoms with van der Waals surface area (Å²) in [6.07, 6.45) is 4.89. The Bertz CT molecular complexity index is 2790. The number of phenolic OH excluding ortho intramolecular Hbond substituents is 1. The van der Waals surface area contributed by atoms with Crippen LogP contribution in [0, 0.1) is 11.3 Å². The van der Waals surface area contributed by atoms with E-state index in [2.05, 4.69) is 39.4 Å². The zero-order valence-electron chi connectivity index (χ0n) is 44.6. The molecule has 3 aliphatic rings. The van der Waals surface area contributed by atoms with Gasteiger partial charge in [-0.2, -0.15) is 0 Å². The summed E-state index contributed by atoms with van der Waals surface area (Å²) in [5.74, 6) is -4.24. The number of likely N-dealkylation sites (N-methyl/N-ethyl adjacent to an activating group) is 2. The summed E-state index contributed by atoms with van der Waals surface area (Å²) < 4.78 is 32.7. The van der Waals surface area contributed by atoms with Crippen LogP contribution in [0.25, 0.3) is 33.3 Å². The Hall–Kier alpha value is -6.06. The number of phenols is 1. The fraction of sp³-hybridized carbons (Fsp3) is 0.537. The van der Waals surface area contributed by atoms with Crippen molar-refractivity contribution in [3.05, 3.63) is 71.5 Å². The summed E-state index contributed by atoms with van der Waals surface area (Å²) in [5.41, 5.74) is 9.38. The van der Waals surface area contributed by atoms with E-state index in [9.17, 15) is 38.4 Å². The minimum Gasteiger partial charge on any atom is -0.597 e. The number of pyridine rings is 1. The molecule has 7 atom stereocenters. The fourth-order valence-corrected chi connectivity index (χ4v) is 11.6. The number of hydrogen-bond donors (Lipinski definition) is 3. The standard InChI is InChI=1S/C54H72N8O11S/c1-13-60-42-17-16-33-25-37(42)38(45(60)39-27-55-19-18-34(39)29-71-11)26-54(7,8)30-73-51(68)40-15-14-20-61(57-40)49(66)41(23-32-21-35(33)24-36(63)22-32)56-48(65)44(31(2)3)59(10)43(64)28-58(9)50(67)46-47(52(69)72-12)62(46)74(70)53(4,5)6/h16-19,21-22,24-25,27,31,40-41,44,46-47,57,63H,13-15,20,23,26,28-30H2,1-12H3,(H,56,65)/t40-,41-,44-,46+,47-,62?,74+/m0/s1. The van der Waals surface area contributed by atoms with Crippen LogP contribution < -0.4 is 10.7 Å². The third-order valence-electron chi connectivity index (χ3n) is 13.9. The van der Waals surface area contributed by atoms with Crippen LogP contribution in [0.15, 0.2) is 54.9 Å². The molecule has 4 amide bonds. The Morgan fingerprint density at radius 3 is 2.45 bits per heavy atom. The van der Waals surface area contributed by atoms with Crippen molar-refractivity contribution in [2.24, 2.45) is 11.3 Å². The van der Waals surface area contributed by atoms with Gasteiger partial charge >= 0.3 is 11.9 Å². The summed E-state index contributed by atoms with van der Waals surface area (Å²) >= 11 is -1.74. The van der Waals surface area contributed by atoms with Gasteiger partial charge in [-0.05, 0) is 111 Å². The van der Waals surface area contributed by atoms with Gasteiger partial charge in [0.1, 0.15) is 28.6 Å². The van der Waals surface area contributed by atoms with Gasteiger partial charge in [-0.1, -0.05) is 44.1 Å². The van der Waals surface area contributed by atoms with E-state index in [-0.39, 0.29) is 25.3 Å². The van der Waals surface area contributed by atoms with Crippen molar-refractivity contribution in [1.29, 1.82) is 0 Å². The molecule has 4 aromatic rings. The smallest absolute Gasteiger partial charge is 0.330 e. The first-order valence-electron chi connectivity index (χ1n) is 25.1. The van der Waals surface area contributed by atoms with E-state index in [1.807, 2.05) is 38.2 Å². The Morgan fingerprint density at radius 2 is 1.78 bits per heavy atom. The molecule has 0 aliphatic carbocycles. The fourth-order valence-electron chi connectivity index (χ4n) is 10.2. The molecule has 20 heteroatoms. The number of nitrogens with zero attached hydrogens (tertiary/aromatic N) is 6. The molecule has 3 aliphatic heterocycles. The van der Waals surface area contributed by atoms with Crippen molar-refractivity contribution >= 4 is 57.8 Å². The van der Waals surface area contributed by atoms with E-state index in [1.54, 1.807) is 60.1 Å². The second-order valence-corrected chi connectivity index (χ2v) is 23.9. The Balaban J connectivity index is 1.23. The molecule has 2 saturated heterocycles. The SMILES string of the molecule is CCn1c(-c2cnccc2COC)c2c3cc(ccc31)-c1cc(O)cc(c1)C[C@H](NC(=O)[C@H](C(C)C)N(C)C(=O)CN(C)C(=O)[C@H]1[C@@H](C(=O)OC)N1[S@+]([O-])C(C)(C)C)C(=O)N1CCC[C@H](N1)C(=O)OCC(C)(C)C2. The summed E-state index contributed by atoms with van der Waals surface area (Å²) in [6, 6.07) is 7.70. The van der Waals surface area contributed by atoms with Crippen molar-refractivity contribution in [2.75, 3.05) is 48.0 Å². The minimum absolute atomic E-state index is 0.0582. The number of aromatic nitrogens is 2. The molecule has 0 radical (unpaired) electrons. The van der Waals surface area contributed by atoms with Crippen LogP contribution in [0.3, 0.4) is 0 Å². The third kappa shape index (κ3) is 11.7. The Labute approximate surface area is 436 Å². The number of carbonyl (C=O) groups excluding carboxylic acids is 6. The highest BCUT2D eigenvalue weighted by Crippen LogP contribution is 2.42. The number of aryl methyl sites for hydroxylation is 1. The predicted octanol–water partition coefficient (Wildman–Crippen LogP) is 4.52. The van der Waals surface area contributed by atoms with Crippen molar-refractivity contribution in [3.63, 3.8) is 0 Å². The van der Waals surface area contributed by atoms with Crippen LogP contribution >= 0.6 is 0 Å². The van der Waals surface area contributed by atoms with Crippen molar-refractivity contribution < 1.29 is 52.6 Å². The van der Waals surface area contributed by atoms with Crippen LogP contribution in [0.1, 0.15) is 84.9 Å². The summed E-state index contributed by atoms with van der Waals surface area (Å²) in [7, 11) is 5.66. The molecule has 5 heterocycles. The molecule has 2 fully saturated rings. The number of hydrogen-bond acceptors (Lipinski definition) is 14. The number of rotatable bonds is 13. The molecule has 1 unspecified atom stereocenters. The van der Waals surface area contributed by atoms with E-state index in [0.717, 1.165) is 43.8 Å². The molecule has 74 heavy (non-hydrogen) atoms. The number of nitrogens with one attached hydrogen (secondary N) is 2. The maximum absolute atomic E-state index is 14.8. The lowest BCUT2D eigenvalue weighted by molar-refractivity contribution is -0.155. The van der Waals surface area contributed by atoms with Gasteiger partial charge in [0.2, 0.25) is 17.7 Å². The summed E-state index contributed by atoms with van der Waals surface area (Å²) in [4.78, 5) is 90.8. The molecular formula is C54H72N8O11S. The van der Waals surface area contributed by atoms with Gasteiger partial charge < -0.3 is 43.6 Å². The number of hydrazine groups is 1. The van der Waals surface area contributed by atoms with Gasteiger partial charge in [-0.3, -0.25) is 38.8 Å². The van der Waals surface area contributed by atoms with Gasteiger partial charge in [-0.25, -0.2) is 5.43 Å². The van der Waals surface area contributed by atoms with Crippen molar-refractivity contribution in [3.8, 4) is 28.1 Å². The second kappa shape index (κ2) is 22.4. The van der Waals surface area contributed by atoms with E-state index in [4.69, 9.17) is 14.2 Å². The molecule has 0 spiro atoms. The van der Waals surface area contributed by atoms with Crippen LogP contribution in [-0.4, -0.2) is 157 Å². The number of cyclic esters (lactones) is 1. The van der Waals surface area contributed by atoms with E-state index < -0.39 is 99.8 Å². The molecule has 7 rings (SSSR count). The number of aromatic hydroxyl groups is 1. The number of fused-ring (bicyclic) bond motifs is 6. The monoisotopic (exact) mass is 1040 g/mol. The lowest BCUT2D eigenvalue weighted by atomic mass is 9.84.